The van der Waals surface area contributed by atoms with Gasteiger partial charge in [0.1, 0.15) is 23.1 Å². The maximum absolute atomic E-state index is 13.3. The molecule has 7 heteroatoms. The van der Waals surface area contributed by atoms with E-state index in [1.165, 1.54) is 12.1 Å². The van der Waals surface area contributed by atoms with Gasteiger partial charge in [-0.15, -0.1) is 0 Å². The van der Waals surface area contributed by atoms with Crippen LogP contribution in [0.15, 0.2) is 60.8 Å². The second-order valence-electron chi connectivity index (χ2n) is 6.87. The van der Waals surface area contributed by atoms with Crippen LogP contribution in [-0.2, 0) is 11.3 Å². The molecule has 2 aromatic carbocycles. The number of fused-ring (bicyclic) bond motifs is 1. The third-order valence-corrected chi connectivity index (χ3v) is 4.83. The first-order valence-corrected chi connectivity index (χ1v) is 9.66. The number of aromatic amines is 1. The zero-order valence-electron chi connectivity index (χ0n) is 16.7. The number of hydrogen-bond donors (Lipinski definition) is 1. The molecule has 152 valence electrons. The molecule has 6 nitrogen and oxygen atoms in total. The molecule has 30 heavy (non-hydrogen) atoms. The number of carbonyl (C=O) groups is 1. The molecule has 0 saturated heterocycles. The number of hydrogen-bond acceptors (Lipinski definition) is 4. The molecule has 0 radical (unpaired) electrons. The number of ether oxygens (including phenoxy) is 1. The van der Waals surface area contributed by atoms with Crippen molar-refractivity contribution >= 4 is 17.1 Å². The lowest BCUT2D eigenvalue weighted by molar-refractivity contribution is -0.129. The summed E-state index contributed by atoms with van der Waals surface area (Å²) in [4.78, 5) is 25.7. The second-order valence-corrected chi connectivity index (χ2v) is 6.87. The average Bonchev–Trinajstić information content (AvgIpc) is 3.18. The van der Waals surface area contributed by atoms with Gasteiger partial charge in [-0.05, 0) is 49.4 Å². The van der Waals surface area contributed by atoms with Crippen molar-refractivity contribution in [2.75, 3.05) is 6.54 Å². The lowest BCUT2D eigenvalue weighted by Gasteiger charge is -2.21. The van der Waals surface area contributed by atoms with Crippen LogP contribution in [0.2, 0.25) is 0 Å². The van der Waals surface area contributed by atoms with Gasteiger partial charge in [-0.25, -0.2) is 14.4 Å². The number of amides is 1. The molecule has 4 rings (SSSR count). The fourth-order valence-corrected chi connectivity index (χ4v) is 3.19. The number of benzene rings is 2. The summed E-state index contributed by atoms with van der Waals surface area (Å²) in [5, 5.41) is 0. The third-order valence-electron chi connectivity index (χ3n) is 4.83. The maximum atomic E-state index is 13.3. The van der Waals surface area contributed by atoms with Gasteiger partial charge < -0.3 is 14.6 Å². The minimum absolute atomic E-state index is 0.0160. The highest BCUT2D eigenvalue weighted by Gasteiger charge is 2.15. The Kier molecular flexibility index (Phi) is 5.43. The first-order chi connectivity index (χ1) is 14.5. The minimum Gasteiger partial charge on any atom is -0.457 e. The summed E-state index contributed by atoms with van der Waals surface area (Å²) in [6.07, 6.45) is 1.69. The molecule has 0 aliphatic rings. The number of nitrogens with zero attached hydrogens (tertiary/aromatic N) is 3. The average molecular weight is 404 g/mol. The van der Waals surface area contributed by atoms with E-state index in [1.54, 1.807) is 30.2 Å². The molecule has 0 fully saturated rings. The standard InChI is InChI=1S/C23H21FN4O2/c1-3-28(15(2)29)14-17-7-6-16(22-26-20-5-4-12-25-23(20)27-22)13-21(17)30-19-10-8-18(24)9-11-19/h4-13H,3,14H2,1-2H3,(H,25,26,27). The van der Waals surface area contributed by atoms with Gasteiger partial charge in [0.25, 0.3) is 0 Å². The summed E-state index contributed by atoms with van der Waals surface area (Å²) >= 11 is 0. The number of pyridine rings is 1. The number of aromatic nitrogens is 3. The Morgan fingerprint density at radius 2 is 1.97 bits per heavy atom. The Bertz CT molecular complexity index is 1150. The zero-order chi connectivity index (χ0) is 21.1. The molecule has 0 aliphatic carbocycles. The summed E-state index contributed by atoms with van der Waals surface area (Å²) in [5.41, 5.74) is 3.13. The van der Waals surface area contributed by atoms with E-state index in [1.807, 2.05) is 37.3 Å². The van der Waals surface area contributed by atoms with E-state index in [9.17, 15) is 9.18 Å². The van der Waals surface area contributed by atoms with Crippen molar-refractivity contribution in [3.8, 4) is 22.9 Å². The van der Waals surface area contributed by atoms with Gasteiger partial charge in [0.15, 0.2) is 5.65 Å². The quantitative estimate of drug-likeness (QED) is 0.495. The summed E-state index contributed by atoms with van der Waals surface area (Å²) in [7, 11) is 0. The van der Waals surface area contributed by atoms with Crippen molar-refractivity contribution in [2.24, 2.45) is 0 Å². The van der Waals surface area contributed by atoms with Crippen LogP contribution in [0.4, 0.5) is 4.39 Å². The fourth-order valence-electron chi connectivity index (χ4n) is 3.19. The zero-order valence-corrected chi connectivity index (χ0v) is 16.7. The third kappa shape index (κ3) is 4.15. The molecular weight excluding hydrogens is 383 g/mol. The Labute approximate surface area is 173 Å². The van der Waals surface area contributed by atoms with Crippen LogP contribution in [0.3, 0.4) is 0 Å². The van der Waals surface area contributed by atoms with Crippen LogP contribution < -0.4 is 4.74 Å². The number of rotatable bonds is 6. The normalized spacial score (nSPS) is 10.9. The molecule has 0 saturated carbocycles. The van der Waals surface area contributed by atoms with Crippen LogP contribution in [0, 0.1) is 5.82 Å². The summed E-state index contributed by atoms with van der Waals surface area (Å²) in [6, 6.07) is 15.3. The Hall–Kier alpha value is -3.74. The van der Waals surface area contributed by atoms with E-state index in [4.69, 9.17) is 4.74 Å². The SMILES string of the molecule is CCN(Cc1ccc(-c2nc3ncccc3[nH]2)cc1Oc1ccc(F)cc1)C(C)=O. The molecular formula is C23H21FN4O2. The predicted molar refractivity (Wildman–Crippen MR) is 113 cm³/mol. The predicted octanol–water partition coefficient (Wildman–Crippen LogP) is 4.92. The van der Waals surface area contributed by atoms with Gasteiger partial charge >= 0.3 is 0 Å². The Morgan fingerprint density at radius 1 is 1.17 bits per heavy atom. The van der Waals surface area contributed by atoms with E-state index in [0.717, 1.165) is 16.6 Å². The Balaban J connectivity index is 1.74. The lowest BCUT2D eigenvalue weighted by Crippen LogP contribution is -2.27. The summed E-state index contributed by atoms with van der Waals surface area (Å²) in [5.74, 6) is 1.40. The Morgan fingerprint density at radius 3 is 2.67 bits per heavy atom. The molecule has 1 N–H and O–H groups in total. The van der Waals surface area contributed by atoms with Gasteiger partial charge in [-0.2, -0.15) is 0 Å². The summed E-state index contributed by atoms with van der Waals surface area (Å²) < 4.78 is 19.3. The van der Waals surface area contributed by atoms with Crippen molar-refractivity contribution in [1.29, 1.82) is 0 Å². The van der Waals surface area contributed by atoms with Crippen LogP contribution in [0.1, 0.15) is 19.4 Å². The summed E-state index contributed by atoms with van der Waals surface area (Å²) in [6.45, 7) is 4.46. The van der Waals surface area contributed by atoms with Crippen molar-refractivity contribution in [3.63, 3.8) is 0 Å². The fraction of sp³-hybridized carbons (Fsp3) is 0.174. The van der Waals surface area contributed by atoms with Crippen LogP contribution in [-0.4, -0.2) is 32.3 Å². The molecule has 2 aromatic heterocycles. The van der Waals surface area contributed by atoms with Gasteiger partial charge in [0.05, 0.1) is 5.52 Å². The van der Waals surface area contributed by atoms with Gasteiger partial charge in [0, 0.05) is 37.3 Å². The van der Waals surface area contributed by atoms with Gasteiger partial charge in [-0.1, -0.05) is 12.1 Å². The molecule has 1 amide bonds. The maximum Gasteiger partial charge on any atom is 0.219 e. The highest BCUT2D eigenvalue weighted by Crippen LogP contribution is 2.31. The lowest BCUT2D eigenvalue weighted by atomic mass is 10.1. The van der Waals surface area contributed by atoms with Gasteiger partial charge in [-0.3, -0.25) is 4.79 Å². The monoisotopic (exact) mass is 404 g/mol. The van der Waals surface area contributed by atoms with Crippen molar-refractivity contribution in [2.45, 2.75) is 20.4 Å². The van der Waals surface area contributed by atoms with E-state index in [0.29, 0.717) is 36.1 Å². The molecule has 0 atom stereocenters. The van der Waals surface area contributed by atoms with Crippen LogP contribution in [0.5, 0.6) is 11.5 Å². The number of imidazole rings is 1. The van der Waals surface area contributed by atoms with E-state index in [-0.39, 0.29) is 11.7 Å². The van der Waals surface area contributed by atoms with Crippen LogP contribution >= 0.6 is 0 Å². The molecule has 0 aliphatic heterocycles. The number of H-pyrrole nitrogens is 1. The minimum atomic E-state index is -0.333. The largest absolute Gasteiger partial charge is 0.457 e. The van der Waals surface area contributed by atoms with E-state index in [2.05, 4.69) is 15.0 Å². The van der Waals surface area contributed by atoms with Gasteiger partial charge in [0.2, 0.25) is 5.91 Å². The molecule has 4 aromatic rings. The topological polar surface area (TPSA) is 71.1 Å². The smallest absolute Gasteiger partial charge is 0.219 e. The molecule has 0 unspecified atom stereocenters. The first kappa shape index (κ1) is 19.6. The highest BCUT2D eigenvalue weighted by atomic mass is 19.1. The van der Waals surface area contributed by atoms with Crippen molar-refractivity contribution < 1.29 is 13.9 Å². The number of halogens is 1. The highest BCUT2D eigenvalue weighted by molar-refractivity contribution is 5.76. The molecule has 0 bridgehead atoms. The van der Waals surface area contributed by atoms with E-state index >= 15 is 0 Å². The number of nitrogens with one attached hydrogen (secondary N) is 1. The van der Waals surface area contributed by atoms with E-state index < -0.39 is 0 Å². The van der Waals surface area contributed by atoms with Crippen molar-refractivity contribution in [1.82, 2.24) is 19.9 Å². The van der Waals surface area contributed by atoms with Crippen molar-refractivity contribution in [3.05, 3.63) is 72.2 Å². The first-order valence-electron chi connectivity index (χ1n) is 9.66. The second kappa shape index (κ2) is 8.32. The molecule has 0 spiro atoms. The number of carbonyl (C=O) groups excluding carboxylic acids is 1. The van der Waals surface area contributed by atoms with Crippen LogP contribution in [0.25, 0.3) is 22.6 Å². The molecule has 2 heterocycles.